The molecule has 19 heavy (non-hydrogen) atoms. The molecule has 0 saturated heterocycles. The van der Waals surface area contributed by atoms with Crippen LogP contribution in [0.25, 0.3) is 0 Å². The molecule has 0 radical (unpaired) electrons. The van der Waals surface area contributed by atoms with Crippen molar-refractivity contribution >= 4 is 11.8 Å². The van der Waals surface area contributed by atoms with Crippen LogP contribution < -0.4 is 5.73 Å². The largest absolute Gasteiger partial charge is 0.460 e. The van der Waals surface area contributed by atoms with Crippen LogP contribution in [0.5, 0.6) is 0 Å². The van der Waals surface area contributed by atoms with Gasteiger partial charge in [0.15, 0.2) is 5.78 Å². The molecular weight excluding hydrogens is 242 g/mol. The van der Waals surface area contributed by atoms with Crippen LogP contribution in [-0.4, -0.2) is 17.8 Å². The van der Waals surface area contributed by atoms with Gasteiger partial charge in [-0.25, -0.2) is 0 Å². The molecule has 2 N–H and O–H groups in total. The van der Waals surface area contributed by atoms with E-state index in [9.17, 15) is 9.59 Å². The van der Waals surface area contributed by atoms with Crippen LogP contribution in [0.2, 0.25) is 0 Å². The Labute approximate surface area is 113 Å². The van der Waals surface area contributed by atoms with E-state index in [1.54, 1.807) is 0 Å². The Balaban J connectivity index is 2.51. The van der Waals surface area contributed by atoms with Crippen LogP contribution in [0.1, 0.15) is 26.3 Å². The molecular formula is C15H21NO3. The predicted molar refractivity (Wildman–Crippen MR) is 73.2 cm³/mol. The molecule has 1 aromatic carbocycles. The van der Waals surface area contributed by atoms with Crippen molar-refractivity contribution in [2.45, 2.75) is 33.4 Å². The van der Waals surface area contributed by atoms with Crippen molar-refractivity contribution in [3.8, 4) is 0 Å². The minimum absolute atomic E-state index is 0.0110. The first-order valence-corrected chi connectivity index (χ1v) is 6.43. The highest BCUT2D eigenvalue weighted by molar-refractivity contribution is 6.01. The van der Waals surface area contributed by atoms with Gasteiger partial charge in [0.1, 0.15) is 12.5 Å². The zero-order valence-corrected chi connectivity index (χ0v) is 11.6. The molecule has 1 rings (SSSR count). The van der Waals surface area contributed by atoms with Gasteiger partial charge in [0.2, 0.25) is 0 Å². The first-order chi connectivity index (χ1) is 8.93. The quantitative estimate of drug-likeness (QED) is 0.629. The van der Waals surface area contributed by atoms with E-state index in [1.807, 2.05) is 44.2 Å². The molecule has 104 valence electrons. The number of ether oxygens (including phenoxy) is 1. The van der Waals surface area contributed by atoms with Crippen molar-refractivity contribution in [1.82, 2.24) is 0 Å². The molecule has 0 aliphatic rings. The summed E-state index contributed by atoms with van der Waals surface area (Å²) >= 11 is 0. The molecule has 0 aromatic heterocycles. The van der Waals surface area contributed by atoms with Gasteiger partial charge in [-0.3, -0.25) is 9.59 Å². The third-order valence-electron chi connectivity index (χ3n) is 3.05. The molecule has 0 saturated carbocycles. The normalized spacial score (nSPS) is 13.9. The lowest BCUT2D eigenvalue weighted by atomic mass is 9.93. The summed E-state index contributed by atoms with van der Waals surface area (Å²) < 4.78 is 5.13. The lowest BCUT2D eigenvalue weighted by Gasteiger charge is -2.18. The molecule has 1 aromatic rings. The van der Waals surface area contributed by atoms with Gasteiger partial charge in [0, 0.05) is 0 Å². The van der Waals surface area contributed by atoms with Gasteiger partial charge in [-0.05, 0) is 18.4 Å². The number of Topliss-reactive ketones (excluding diaryl/α,β-unsaturated/α-hetero) is 1. The molecule has 0 heterocycles. The van der Waals surface area contributed by atoms with Gasteiger partial charge >= 0.3 is 5.97 Å². The predicted octanol–water partition coefficient (Wildman–Crippen LogP) is 1.92. The van der Waals surface area contributed by atoms with E-state index >= 15 is 0 Å². The summed E-state index contributed by atoms with van der Waals surface area (Å²) in [5, 5.41) is 0. The number of ketones is 1. The zero-order valence-electron chi connectivity index (χ0n) is 11.6. The van der Waals surface area contributed by atoms with Gasteiger partial charge in [0.05, 0.1) is 6.04 Å². The summed E-state index contributed by atoms with van der Waals surface area (Å²) in [5.41, 5.74) is 6.64. The highest BCUT2D eigenvalue weighted by Crippen LogP contribution is 2.10. The van der Waals surface area contributed by atoms with Crippen molar-refractivity contribution in [3.63, 3.8) is 0 Å². The standard InChI is InChI=1S/C15H21NO3/c1-10(2)13(16)14(17)11(3)15(18)19-9-12-7-5-4-6-8-12/h4-8,10-11,13H,9,16H2,1-3H3/t11?,13-/m1/s1. The highest BCUT2D eigenvalue weighted by Gasteiger charge is 2.29. The van der Waals surface area contributed by atoms with Crippen molar-refractivity contribution in [2.75, 3.05) is 0 Å². The molecule has 0 amide bonds. The number of hydrogen-bond donors (Lipinski definition) is 1. The second kappa shape index (κ2) is 7.04. The summed E-state index contributed by atoms with van der Waals surface area (Å²) in [6.07, 6.45) is 0. The molecule has 4 heteroatoms. The lowest BCUT2D eigenvalue weighted by Crippen LogP contribution is -2.41. The van der Waals surface area contributed by atoms with Crippen LogP contribution in [0, 0.1) is 11.8 Å². The van der Waals surface area contributed by atoms with E-state index in [1.165, 1.54) is 6.92 Å². The summed E-state index contributed by atoms with van der Waals surface area (Å²) in [6, 6.07) is 8.72. The SMILES string of the molecule is CC(C(=O)OCc1ccccc1)C(=O)[C@H](N)C(C)C. The van der Waals surface area contributed by atoms with Crippen LogP contribution in [0.4, 0.5) is 0 Å². The fourth-order valence-corrected chi connectivity index (χ4v) is 1.59. The monoisotopic (exact) mass is 263 g/mol. The number of hydrogen-bond acceptors (Lipinski definition) is 4. The average molecular weight is 263 g/mol. The van der Waals surface area contributed by atoms with Gasteiger partial charge in [-0.1, -0.05) is 44.2 Å². The van der Waals surface area contributed by atoms with Gasteiger partial charge < -0.3 is 10.5 Å². The molecule has 4 nitrogen and oxygen atoms in total. The van der Waals surface area contributed by atoms with Crippen LogP contribution in [0.3, 0.4) is 0 Å². The number of nitrogens with two attached hydrogens (primary N) is 1. The van der Waals surface area contributed by atoms with E-state index in [-0.39, 0.29) is 18.3 Å². The zero-order chi connectivity index (χ0) is 14.4. The second-order valence-corrected chi connectivity index (χ2v) is 4.99. The van der Waals surface area contributed by atoms with Gasteiger partial charge in [0.25, 0.3) is 0 Å². The van der Waals surface area contributed by atoms with Crippen molar-refractivity contribution in [2.24, 2.45) is 17.6 Å². The Morgan fingerprint density at radius 3 is 2.26 bits per heavy atom. The fourth-order valence-electron chi connectivity index (χ4n) is 1.59. The maximum Gasteiger partial charge on any atom is 0.316 e. The van der Waals surface area contributed by atoms with E-state index in [0.717, 1.165) is 5.56 Å². The summed E-state index contributed by atoms with van der Waals surface area (Å²) in [4.78, 5) is 23.7. The summed E-state index contributed by atoms with van der Waals surface area (Å²) in [7, 11) is 0. The second-order valence-electron chi connectivity index (χ2n) is 4.99. The first kappa shape index (κ1) is 15.4. The van der Waals surface area contributed by atoms with Crippen LogP contribution in [-0.2, 0) is 20.9 Å². The Hall–Kier alpha value is -1.68. The van der Waals surface area contributed by atoms with E-state index < -0.39 is 17.9 Å². The highest BCUT2D eigenvalue weighted by atomic mass is 16.5. The molecule has 1 unspecified atom stereocenters. The number of carbonyl (C=O) groups excluding carboxylic acids is 2. The topological polar surface area (TPSA) is 69.4 Å². The maximum atomic E-state index is 11.9. The van der Waals surface area contributed by atoms with Gasteiger partial charge in [-0.15, -0.1) is 0 Å². The Bertz CT molecular complexity index is 428. The molecule has 2 atom stereocenters. The number of esters is 1. The molecule has 0 spiro atoms. The molecule has 0 bridgehead atoms. The first-order valence-electron chi connectivity index (χ1n) is 6.43. The summed E-state index contributed by atoms with van der Waals surface area (Å²) in [5.74, 6) is -1.60. The van der Waals surface area contributed by atoms with E-state index in [2.05, 4.69) is 0 Å². The number of carbonyl (C=O) groups is 2. The third-order valence-corrected chi connectivity index (χ3v) is 3.05. The minimum atomic E-state index is -0.818. The third kappa shape index (κ3) is 4.48. The minimum Gasteiger partial charge on any atom is -0.460 e. The average Bonchev–Trinajstić information content (AvgIpc) is 2.43. The number of benzene rings is 1. The molecule has 0 aliphatic carbocycles. The Morgan fingerprint density at radius 2 is 1.74 bits per heavy atom. The summed E-state index contributed by atoms with van der Waals surface area (Å²) in [6.45, 7) is 5.42. The van der Waals surface area contributed by atoms with E-state index in [0.29, 0.717) is 0 Å². The van der Waals surface area contributed by atoms with E-state index in [4.69, 9.17) is 10.5 Å². The van der Waals surface area contributed by atoms with Crippen molar-refractivity contribution in [3.05, 3.63) is 35.9 Å². The Morgan fingerprint density at radius 1 is 1.16 bits per heavy atom. The van der Waals surface area contributed by atoms with Crippen LogP contribution >= 0.6 is 0 Å². The maximum absolute atomic E-state index is 11.9. The van der Waals surface area contributed by atoms with Crippen LogP contribution in [0.15, 0.2) is 30.3 Å². The number of rotatable bonds is 6. The smallest absolute Gasteiger partial charge is 0.316 e. The van der Waals surface area contributed by atoms with Crippen molar-refractivity contribution < 1.29 is 14.3 Å². The van der Waals surface area contributed by atoms with Gasteiger partial charge in [-0.2, -0.15) is 0 Å². The fraction of sp³-hybridized carbons (Fsp3) is 0.467. The Kier molecular flexibility index (Phi) is 5.70. The molecule has 0 aliphatic heterocycles. The van der Waals surface area contributed by atoms with Crippen molar-refractivity contribution in [1.29, 1.82) is 0 Å². The molecule has 0 fully saturated rings. The lowest BCUT2D eigenvalue weighted by molar-refractivity contribution is -0.153.